The van der Waals surface area contributed by atoms with Gasteiger partial charge in [0.15, 0.2) is 5.69 Å². The van der Waals surface area contributed by atoms with Crippen molar-refractivity contribution in [1.29, 1.82) is 0 Å². The van der Waals surface area contributed by atoms with E-state index in [2.05, 4.69) is 31.2 Å². The summed E-state index contributed by atoms with van der Waals surface area (Å²) in [5.74, 6) is -0.205. The lowest BCUT2D eigenvalue weighted by atomic mass is 10.3. The predicted molar refractivity (Wildman–Crippen MR) is 71.2 cm³/mol. The maximum Gasteiger partial charge on any atom is 0.354 e. The van der Waals surface area contributed by atoms with E-state index in [9.17, 15) is 4.79 Å². The molecule has 5 nitrogen and oxygen atoms in total. The SMILES string of the molecule is Cc1nc(Nc2cccc(Br)c2)cc(C(=O)O)n1. The zero-order valence-electron chi connectivity index (χ0n) is 9.51. The topological polar surface area (TPSA) is 75.1 Å². The number of benzene rings is 1. The van der Waals surface area contributed by atoms with Crippen molar-refractivity contribution in [3.8, 4) is 0 Å². The molecular formula is C12H10BrN3O2. The second-order valence-electron chi connectivity index (χ2n) is 3.63. The summed E-state index contributed by atoms with van der Waals surface area (Å²) in [5, 5.41) is 12.0. The van der Waals surface area contributed by atoms with Gasteiger partial charge in [-0.1, -0.05) is 22.0 Å². The molecule has 0 saturated heterocycles. The van der Waals surface area contributed by atoms with Crippen molar-refractivity contribution in [3.05, 3.63) is 46.3 Å². The molecule has 0 radical (unpaired) electrons. The Morgan fingerprint density at radius 3 is 2.78 bits per heavy atom. The normalized spacial score (nSPS) is 10.1. The van der Waals surface area contributed by atoms with E-state index >= 15 is 0 Å². The first-order chi connectivity index (χ1) is 8.54. The summed E-state index contributed by atoms with van der Waals surface area (Å²) in [5.41, 5.74) is 0.791. The third-order valence-corrected chi connectivity index (χ3v) is 2.65. The van der Waals surface area contributed by atoms with E-state index < -0.39 is 5.97 Å². The highest BCUT2D eigenvalue weighted by Crippen LogP contribution is 2.19. The van der Waals surface area contributed by atoms with Crippen molar-refractivity contribution < 1.29 is 9.90 Å². The summed E-state index contributed by atoms with van der Waals surface area (Å²) in [6, 6.07) is 8.91. The lowest BCUT2D eigenvalue weighted by Crippen LogP contribution is -2.05. The van der Waals surface area contributed by atoms with Crippen LogP contribution in [0.5, 0.6) is 0 Å². The van der Waals surface area contributed by atoms with Crippen molar-refractivity contribution in [3.63, 3.8) is 0 Å². The number of halogens is 1. The Labute approximate surface area is 112 Å². The van der Waals surface area contributed by atoms with Gasteiger partial charge in [-0.2, -0.15) is 0 Å². The molecule has 0 aliphatic heterocycles. The molecule has 0 aliphatic rings. The first-order valence-electron chi connectivity index (χ1n) is 5.16. The van der Waals surface area contributed by atoms with Crippen LogP contribution < -0.4 is 5.32 Å². The fourth-order valence-corrected chi connectivity index (χ4v) is 1.85. The first kappa shape index (κ1) is 12.5. The predicted octanol–water partition coefficient (Wildman–Crippen LogP) is 2.99. The van der Waals surface area contributed by atoms with E-state index in [4.69, 9.17) is 5.11 Å². The molecule has 18 heavy (non-hydrogen) atoms. The maximum atomic E-state index is 10.9. The fraction of sp³-hybridized carbons (Fsp3) is 0.0833. The smallest absolute Gasteiger partial charge is 0.354 e. The highest BCUT2D eigenvalue weighted by Gasteiger charge is 2.08. The average molecular weight is 308 g/mol. The summed E-state index contributed by atoms with van der Waals surface area (Å²) in [6.07, 6.45) is 0. The molecule has 92 valence electrons. The number of aryl methyl sites for hydroxylation is 1. The van der Waals surface area contributed by atoms with E-state index in [0.29, 0.717) is 11.6 Å². The number of hydrogen-bond acceptors (Lipinski definition) is 4. The molecule has 0 aliphatic carbocycles. The molecule has 2 rings (SSSR count). The van der Waals surface area contributed by atoms with Crippen molar-refractivity contribution in [2.24, 2.45) is 0 Å². The quantitative estimate of drug-likeness (QED) is 0.911. The van der Waals surface area contributed by atoms with Crippen molar-refractivity contribution in [2.75, 3.05) is 5.32 Å². The number of nitrogens with zero attached hydrogens (tertiary/aromatic N) is 2. The number of hydrogen-bond donors (Lipinski definition) is 2. The lowest BCUT2D eigenvalue weighted by molar-refractivity contribution is 0.0690. The Kier molecular flexibility index (Phi) is 3.57. The zero-order valence-corrected chi connectivity index (χ0v) is 11.1. The van der Waals surface area contributed by atoms with Gasteiger partial charge in [-0.3, -0.25) is 0 Å². The van der Waals surface area contributed by atoms with E-state index in [1.54, 1.807) is 6.92 Å². The van der Waals surface area contributed by atoms with Gasteiger partial charge in [0.25, 0.3) is 0 Å². The highest BCUT2D eigenvalue weighted by atomic mass is 79.9. The van der Waals surface area contributed by atoms with Gasteiger partial charge in [-0.25, -0.2) is 14.8 Å². The minimum Gasteiger partial charge on any atom is -0.477 e. The number of aromatic carboxylic acids is 1. The molecule has 0 amide bonds. The van der Waals surface area contributed by atoms with Gasteiger partial charge in [0.05, 0.1) is 0 Å². The van der Waals surface area contributed by atoms with Crippen molar-refractivity contribution in [1.82, 2.24) is 9.97 Å². The third-order valence-electron chi connectivity index (χ3n) is 2.15. The monoisotopic (exact) mass is 307 g/mol. The van der Waals surface area contributed by atoms with Crippen LogP contribution in [0.15, 0.2) is 34.8 Å². The Morgan fingerprint density at radius 1 is 1.33 bits per heavy atom. The van der Waals surface area contributed by atoms with E-state index in [1.165, 1.54) is 6.07 Å². The Balaban J connectivity index is 2.31. The van der Waals surface area contributed by atoms with Crippen LogP contribution in [0.4, 0.5) is 11.5 Å². The van der Waals surface area contributed by atoms with Gasteiger partial charge in [0.1, 0.15) is 11.6 Å². The molecule has 1 aromatic heterocycles. The number of carboxylic acid groups (broad SMARTS) is 1. The second kappa shape index (κ2) is 5.14. The number of anilines is 2. The molecule has 2 aromatic rings. The van der Waals surface area contributed by atoms with Crippen LogP contribution in [0.25, 0.3) is 0 Å². The van der Waals surface area contributed by atoms with E-state index in [0.717, 1.165) is 10.2 Å². The highest BCUT2D eigenvalue weighted by molar-refractivity contribution is 9.10. The number of nitrogens with one attached hydrogen (secondary N) is 1. The number of carbonyl (C=O) groups is 1. The van der Waals surface area contributed by atoms with Crippen LogP contribution in [-0.2, 0) is 0 Å². The van der Waals surface area contributed by atoms with Gasteiger partial charge >= 0.3 is 5.97 Å². The largest absolute Gasteiger partial charge is 0.477 e. The molecule has 1 heterocycles. The zero-order chi connectivity index (χ0) is 13.1. The van der Waals surface area contributed by atoms with Crippen LogP contribution in [-0.4, -0.2) is 21.0 Å². The van der Waals surface area contributed by atoms with E-state index in [1.807, 2.05) is 24.3 Å². The maximum absolute atomic E-state index is 10.9. The fourth-order valence-electron chi connectivity index (χ4n) is 1.46. The van der Waals surface area contributed by atoms with Crippen LogP contribution in [0.1, 0.15) is 16.3 Å². The average Bonchev–Trinajstić information content (AvgIpc) is 2.28. The Hall–Kier alpha value is -1.95. The molecule has 0 bridgehead atoms. The summed E-state index contributed by atoms with van der Waals surface area (Å²) < 4.78 is 0.928. The van der Waals surface area contributed by atoms with Crippen molar-refractivity contribution in [2.45, 2.75) is 6.92 Å². The summed E-state index contributed by atoms with van der Waals surface area (Å²) in [6.45, 7) is 1.65. The van der Waals surface area contributed by atoms with Gasteiger partial charge in [0, 0.05) is 16.2 Å². The molecule has 6 heteroatoms. The second-order valence-corrected chi connectivity index (χ2v) is 4.54. The molecular weight excluding hydrogens is 298 g/mol. The van der Waals surface area contributed by atoms with Gasteiger partial charge in [-0.15, -0.1) is 0 Å². The standard InChI is InChI=1S/C12H10BrN3O2/c1-7-14-10(12(17)18)6-11(15-7)16-9-4-2-3-8(13)5-9/h2-6H,1H3,(H,17,18)(H,14,15,16). The molecule has 2 N–H and O–H groups in total. The van der Waals surface area contributed by atoms with Crippen molar-refractivity contribution >= 4 is 33.4 Å². The van der Waals surface area contributed by atoms with Gasteiger partial charge < -0.3 is 10.4 Å². The van der Waals surface area contributed by atoms with Crippen LogP contribution in [0, 0.1) is 6.92 Å². The number of carboxylic acids is 1. The number of rotatable bonds is 3. The molecule has 0 saturated carbocycles. The van der Waals surface area contributed by atoms with E-state index in [-0.39, 0.29) is 5.69 Å². The summed E-state index contributed by atoms with van der Waals surface area (Å²) in [4.78, 5) is 18.9. The molecule has 0 atom stereocenters. The van der Waals surface area contributed by atoms with Gasteiger partial charge in [-0.05, 0) is 25.1 Å². The third kappa shape index (κ3) is 3.04. The molecule has 0 unspecified atom stereocenters. The summed E-state index contributed by atoms with van der Waals surface area (Å²) >= 11 is 3.36. The van der Waals surface area contributed by atoms with Crippen LogP contribution >= 0.6 is 15.9 Å². The Morgan fingerprint density at radius 2 is 2.11 bits per heavy atom. The van der Waals surface area contributed by atoms with Crippen LogP contribution in [0.3, 0.4) is 0 Å². The van der Waals surface area contributed by atoms with Gasteiger partial charge in [0.2, 0.25) is 0 Å². The van der Waals surface area contributed by atoms with Crippen LogP contribution in [0.2, 0.25) is 0 Å². The molecule has 0 fully saturated rings. The lowest BCUT2D eigenvalue weighted by Gasteiger charge is -2.07. The first-order valence-corrected chi connectivity index (χ1v) is 5.95. The number of aromatic nitrogens is 2. The summed E-state index contributed by atoms with van der Waals surface area (Å²) in [7, 11) is 0. The minimum absolute atomic E-state index is 0.0278. The minimum atomic E-state index is -1.07. The Bertz CT molecular complexity index is 602. The molecule has 0 spiro atoms. The molecule has 1 aromatic carbocycles.